The summed E-state index contributed by atoms with van der Waals surface area (Å²) in [4.78, 5) is 10.9. The summed E-state index contributed by atoms with van der Waals surface area (Å²) >= 11 is 0. The fraction of sp³-hybridized carbons (Fsp3) is 0.889. The van der Waals surface area contributed by atoms with E-state index in [4.69, 9.17) is 25.1 Å². The Bertz CT molecular complexity index is 165. The Kier molecular flexibility index (Phi) is 9.40. The molecule has 0 saturated carbocycles. The highest BCUT2D eigenvalue weighted by Gasteiger charge is 2.12. The van der Waals surface area contributed by atoms with Gasteiger partial charge in [0, 0.05) is 20.3 Å². The fourth-order valence-corrected chi connectivity index (χ4v) is 0.790. The Morgan fingerprint density at radius 1 is 1.33 bits per heavy atom. The van der Waals surface area contributed by atoms with E-state index in [0.717, 1.165) is 6.42 Å². The van der Waals surface area contributed by atoms with Gasteiger partial charge in [-0.2, -0.15) is 0 Å². The van der Waals surface area contributed by atoms with Gasteiger partial charge in [-0.05, 0) is 6.42 Å². The van der Waals surface area contributed by atoms with Crippen molar-refractivity contribution in [3.05, 3.63) is 0 Å². The van der Waals surface area contributed by atoms with Crippen LogP contribution >= 0.6 is 0 Å². The lowest BCUT2D eigenvalue weighted by Gasteiger charge is -2.08. The van der Waals surface area contributed by atoms with E-state index < -0.39 is 18.6 Å². The van der Waals surface area contributed by atoms with E-state index in [0.29, 0.717) is 19.8 Å². The SMILES string of the molecule is COCCCOCCOC(=O)[C@H](N)CO. The molecule has 3 N–H and O–H groups in total. The maximum Gasteiger partial charge on any atom is 0.325 e. The molecule has 0 rings (SSSR count). The Hall–Kier alpha value is -0.690. The molecule has 0 aromatic rings. The molecule has 15 heavy (non-hydrogen) atoms. The van der Waals surface area contributed by atoms with Gasteiger partial charge in [0.15, 0.2) is 0 Å². The average molecular weight is 221 g/mol. The highest BCUT2D eigenvalue weighted by molar-refractivity contribution is 5.75. The van der Waals surface area contributed by atoms with Crippen LogP contribution in [0.3, 0.4) is 0 Å². The summed E-state index contributed by atoms with van der Waals surface area (Å²) in [5, 5.41) is 8.53. The zero-order valence-electron chi connectivity index (χ0n) is 8.98. The van der Waals surface area contributed by atoms with Crippen molar-refractivity contribution in [2.45, 2.75) is 12.5 Å². The predicted molar refractivity (Wildman–Crippen MR) is 53.3 cm³/mol. The Labute approximate surface area is 89.3 Å². The standard InChI is InChI=1S/C9H19NO5/c1-13-3-2-4-14-5-6-15-9(12)8(10)7-11/h8,11H,2-7,10H2,1H3/t8-/m1/s1. The molecule has 0 aliphatic heterocycles. The molecule has 90 valence electrons. The highest BCUT2D eigenvalue weighted by atomic mass is 16.6. The Morgan fingerprint density at radius 3 is 2.67 bits per heavy atom. The second-order valence-corrected chi connectivity index (χ2v) is 2.92. The maximum atomic E-state index is 10.9. The Morgan fingerprint density at radius 2 is 2.07 bits per heavy atom. The average Bonchev–Trinajstić information content (AvgIpc) is 2.26. The van der Waals surface area contributed by atoms with Gasteiger partial charge >= 0.3 is 5.97 Å². The summed E-state index contributed by atoms with van der Waals surface area (Å²) in [5.41, 5.74) is 5.22. The van der Waals surface area contributed by atoms with Gasteiger partial charge in [-0.3, -0.25) is 4.79 Å². The number of methoxy groups -OCH3 is 1. The molecule has 0 aliphatic rings. The number of aliphatic hydroxyl groups is 1. The van der Waals surface area contributed by atoms with Crippen LogP contribution in [0.15, 0.2) is 0 Å². The minimum absolute atomic E-state index is 0.152. The van der Waals surface area contributed by atoms with E-state index in [1.165, 1.54) is 0 Å². The van der Waals surface area contributed by atoms with E-state index in [9.17, 15) is 4.79 Å². The molecule has 0 radical (unpaired) electrons. The first-order valence-corrected chi connectivity index (χ1v) is 4.82. The largest absolute Gasteiger partial charge is 0.462 e. The number of carbonyl (C=O) groups excluding carboxylic acids is 1. The Balaban J connectivity index is 3.20. The number of hydrogen-bond donors (Lipinski definition) is 2. The molecule has 6 nitrogen and oxygen atoms in total. The number of hydrogen-bond acceptors (Lipinski definition) is 6. The fourth-order valence-electron chi connectivity index (χ4n) is 0.790. The minimum atomic E-state index is -0.960. The summed E-state index contributed by atoms with van der Waals surface area (Å²) in [5.74, 6) is -0.613. The predicted octanol–water partition coefficient (Wildman–Crippen LogP) is -1.10. The highest BCUT2D eigenvalue weighted by Crippen LogP contribution is 1.87. The molecule has 1 atom stereocenters. The molecule has 0 fully saturated rings. The van der Waals surface area contributed by atoms with E-state index in [2.05, 4.69) is 0 Å². The number of nitrogens with two attached hydrogens (primary N) is 1. The molecule has 0 saturated heterocycles. The van der Waals surface area contributed by atoms with E-state index >= 15 is 0 Å². The molecule has 0 aromatic carbocycles. The van der Waals surface area contributed by atoms with Gasteiger partial charge in [-0.1, -0.05) is 0 Å². The lowest BCUT2D eigenvalue weighted by molar-refractivity contribution is -0.147. The summed E-state index contributed by atoms with van der Waals surface area (Å²) in [6.07, 6.45) is 0.806. The molecule has 6 heteroatoms. The summed E-state index contributed by atoms with van der Waals surface area (Å²) < 4.78 is 14.7. The topological polar surface area (TPSA) is 91.0 Å². The first-order valence-electron chi connectivity index (χ1n) is 4.82. The lowest BCUT2D eigenvalue weighted by atomic mass is 10.3. The van der Waals surface area contributed by atoms with Gasteiger partial charge in [-0.25, -0.2) is 0 Å². The molecular formula is C9H19NO5. The van der Waals surface area contributed by atoms with Crippen molar-refractivity contribution < 1.29 is 24.1 Å². The van der Waals surface area contributed by atoms with Gasteiger partial charge < -0.3 is 25.1 Å². The van der Waals surface area contributed by atoms with Crippen molar-refractivity contribution in [3.8, 4) is 0 Å². The van der Waals surface area contributed by atoms with Crippen molar-refractivity contribution in [3.63, 3.8) is 0 Å². The van der Waals surface area contributed by atoms with Crippen LogP contribution in [0.2, 0.25) is 0 Å². The van der Waals surface area contributed by atoms with E-state index in [1.54, 1.807) is 7.11 Å². The summed E-state index contributed by atoms with van der Waals surface area (Å²) in [7, 11) is 1.62. The van der Waals surface area contributed by atoms with Crippen molar-refractivity contribution >= 4 is 5.97 Å². The molecule has 0 spiro atoms. The third-order valence-corrected chi connectivity index (χ3v) is 1.61. The number of aliphatic hydroxyl groups excluding tert-OH is 1. The van der Waals surface area contributed by atoms with Crippen LogP contribution in [0.4, 0.5) is 0 Å². The molecule has 0 aromatic heterocycles. The second kappa shape index (κ2) is 9.85. The zero-order valence-corrected chi connectivity index (χ0v) is 8.98. The number of rotatable bonds is 9. The molecular weight excluding hydrogens is 202 g/mol. The minimum Gasteiger partial charge on any atom is -0.462 e. The summed E-state index contributed by atoms with van der Waals surface area (Å²) in [6.45, 7) is 1.28. The molecule has 0 aliphatic carbocycles. The van der Waals surface area contributed by atoms with E-state index in [1.807, 2.05) is 0 Å². The smallest absolute Gasteiger partial charge is 0.325 e. The molecule has 0 unspecified atom stereocenters. The van der Waals surface area contributed by atoms with Crippen LogP contribution < -0.4 is 5.73 Å². The third kappa shape index (κ3) is 8.31. The first kappa shape index (κ1) is 14.3. The molecule has 0 heterocycles. The first-order chi connectivity index (χ1) is 7.22. The van der Waals surface area contributed by atoms with Gasteiger partial charge in [0.25, 0.3) is 0 Å². The summed E-state index contributed by atoms with van der Waals surface area (Å²) in [6, 6.07) is -0.960. The van der Waals surface area contributed by atoms with Gasteiger partial charge in [0.1, 0.15) is 12.6 Å². The van der Waals surface area contributed by atoms with Gasteiger partial charge in [-0.15, -0.1) is 0 Å². The lowest BCUT2D eigenvalue weighted by Crippen LogP contribution is -2.36. The normalized spacial score (nSPS) is 12.5. The number of carbonyl (C=O) groups is 1. The molecule has 0 amide bonds. The number of esters is 1. The van der Waals surface area contributed by atoms with Crippen LogP contribution in [0.5, 0.6) is 0 Å². The van der Waals surface area contributed by atoms with Crippen LogP contribution in [-0.2, 0) is 19.0 Å². The quantitative estimate of drug-likeness (QED) is 0.379. The molecule has 0 bridgehead atoms. The zero-order chi connectivity index (χ0) is 11.5. The van der Waals surface area contributed by atoms with Crippen LogP contribution in [-0.4, -0.2) is 57.3 Å². The van der Waals surface area contributed by atoms with Gasteiger partial charge in [0.2, 0.25) is 0 Å². The van der Waals surface area contributed by atoms with Crippen molar-refractivity contribution in [1.29, 1.82) is 0 Å². The van der Waals surface area contributed by atoms with Crippen LogP contribution in [0.25, 0.3) is 0 Å². The second-order valence-electron chi connectivity index (χ2n) is 2.92. The van der Waals surface area contributed by atoms with Crippen LogP contribution in [0, 0.1) is 0 Å². The van der Waals surface area contributed by atoms with E-state index in [-0.39, 0.29) is 6.61 Å². The third-order valence-electron chi connectivity index (χ3n) is 1.61. The van der Waals surface area contributed by atoms with Crippen molar-refractivity contribution in [2.75, 3.05) is 40.1 Å². The number of ether oxygens (including phenoxy) is 3. The maximum absolute atomic E-state index is 10.9. The van der Waals surface area contributed by atoms with Crippen LogP contribution in [0.1, 0.15) is 6.42 Å². The van der Waals surface area contributed by atoms with Crippen molar-refractivity contribution in [1.82, 2.24) is 0 Å². The van der Waals surface area contributed by atoms with Gasteiger partial charge in [0.05, 0.1) is 13.2 Å². The van der Waals surface area contributed by atoms with Crippen molar-refractivity contribution in [2.24, 2.45) is 5.73 Å². The monoisotopic (exact) mass is 221 g/mol.